The van der Waals surface area contributed by atoms with Crippen LogP contribution in [0.4, 0.5) is 5.69 Å². The van der Waals surface area contributed by atoms with E-state index in [9.17, 15) is 4.79 Å². The van der Waals surface area contributed by atoms with Gasteiger partial charge in [0, 0.05) is 25.2 Å². The number of benzene rings is 2. The third-order valence-corrected chi connectivity index (χ3v) is 3.64. The lowest BCUT2D eigenvalue weighted by Gasteiger charge is -2.37. The van der Waals surface area contributed by atoms with Crippen LogP contribution >= 0.6 is 0 Å². The maximum atomic E-state index is 12.6. The van der Waals surface area contributed by atoms with Crippen LogP contribution < -0.4 is 5.01 Å². The molecular weight excluding hydrogens is 248 g/mol. The molecule has 100 valence electrons. The summed E-state index contributed by atoms with van der Waals surface area (Å²) in [4.78, 5) is 12.6. The van der Waals surface area contributed by atoms with Crippen LogP contribution in [-0.4, -0.2) is 24.9 Å². The van der Waals surface area contributed by atoms with Crippen LogP contribution in [0.3, 0.4) is 0 Å². The van der Waals surface area contributed by atoms with E-state index in [1.165, 1.54) is 0 Å². The molecule has 1 aliphatic heterocycles. The molecule has 0 aromatic heterocycles. The van der Waals surface area contributed by atoms with Crippen LogP contribution in [-0.2, 0) is 0 Å². The van der Waals surface area contributed by atoms with Crippen molar-refractivity contribution in [3.05, 3.63) is 71.4 Å². The van der Waals surface area contributed by atoms with Crippen LogP contribution in [0.25, 0.3) is 6.08 Å². The molecule has 0 saturated heterocycles. The maximum Gasteiger partial charge on any atom is 0.210 e. The molecule has 0 aliphatic carbocycles. The standard InChI is InChI=1S/C17H16N2O/c1-18-15-11-7-6-10-14(15)12-16(19(18)2)17(20)13-8-4-3-5-9-13/h3-12H,1-2H3. The Labute approximate surface area is 118 Å². The minimum atomic E-state index is 0.0365. The van der Waals surface area contributed by atoms with E-state index in [0.29, 0.717) is 11.3 Å². The second-order valence-corrected chi connectivity index (χ2v) is 4.83. The van der Waals surface area contributed by atoms with Gasteiger partial charge < -0.3 is 0 Å². The number of Topliss-reactive ketones (excluding diaryl/α,β-unsaturated/α-hetero) is 1. The van der Waals surface area contributed by atoms with E-state index in [4.69, 9.17) is 0 Å². The number of likely N-dealkylation sites (N-methyl/N-ethyl adjacent to an activating group) is 1. The topological polar surface area (TPSA) is 23.6 Å². The van der Waals surface area contributed by atoms with Gasteiger partial charge in [0.25, 0.3) is 0 Å². The van der Waals surface area contributed by atoms with E-state index in [1.54, 1.807) is 0 Å². The molecule has 0 radical (unpaired) electrons. The number of hydrogen-bond acceptors (Lipinski definition) is 3. The minimum absolute atomic E-state index is 0.0365. The lowest BCUT2D eigenvalue weighted by Crippen LogP contribution is -2.40. The van der Waals surface area contributed by atoms with Gasteiger partial charge >= 0.3 is 0 Å². The van der Waals surface area contributed by atoms with Gasteiger partial charge in [-0.05, 0) is 12.1 Å². The first kappa shape index (κ1) is 12.5. The number of ketones is 1. The summed E-state index contributed by atoms with van der Waals surface area (Å²) in [5.74, 6) is 0.0365. The number of fused-ring (bicyclic) bond motifs is 1. The molecule has 0 amide bonds. The zero-order chi connectivity index (χ0) is 14.1. The molecule has 20 heavy (non-hydrogen) atoms. The SMILES string of the molecule is CN1C(C(=O)c2ccccc2)=Cc2ccccc2N1C. The summed E-state index contributed by atoms with van der Waals surface area (Å²) in [5.41, 5.74) is 3.54. The third-order valence-electron chi connectivity index (χ3n) is 3.64. The predicted molar refractivity (Wildman–Crippen MR) is 81.4 cm³/mol. The molecule has 0 spiro atoms. The number of carbonyl (C=O) groups is 1. The summed E-state index contributed by atoms with van der Waals surface area (Å²) in [6.45, 7) is 0. The van der Waals surface area contributed by atoms with E-state index < -0.39 is 0 Å². The molecular formula is C17H16N2O. The normalized spacial score (nSPS) is 13.8. The number of rotatable bonds is 2. The number of hydrazine groups is 1. The van der Waals surface area contributed by atoms with Crippen molar-refractivity contribution in [3.63, 3.8) is 0 Å². The Balaban J connectivity index is 2.06. The van der Waals surface area contributed by atoms with Crippen LogP contribution in [0.15, 0.2) is 60.3 Å². The van der Waals surface area contributed by atoms with E-state index in [1.807, 2.05) is 84.8 Å². The molecule has 0 unspecified atom stereocenters. The van der Waals surface area contributed by atoms with E-state index in [2.05, 4.69) is 0 Å². The molecule has 0 saturated carbocycles. The number of anilines is 1. The highest BCUT2D eigenvalue weighted by Crippen LogP contribution is 2.30. The number of allylic oxidation sites excluding steroid dienone is 1. The van der Waals surface area contributed by atoms with Crippen LogP contribution in [0.5, 0.6) is 0 Å². The molecule has 1 heterocycles. The van der Waals surface area contributed by atoms with Gasteiger partial charge in [0.1, 0.15) is 5.70 Å². The highest BCUT2D eigenvalue weighted by molar-refractivity contribution is 6.11. The second kappa shape index (κ2) is 4.85. The Morgan fingerprint density at radius 1 is 0.850 bits per heavy atom. The van der Waals surface area contributed by atoms with Crippen LogP contribution in [0, 0.1) is 0 Å². The molecule has 1 aliphatic rings. The van der Waals surface area contributed by atoms with E-state index in [0.717, 1.165) is 11.3 Å². The van der Waals surface area contributed by atoms with Gasteiger partial charge in [0.15, 0.2) is 0 Å². The summed E-state index contributed by atoms with van der Waals surface area (Å²) in [6.07, 6.45) is 1.95. The largest absolute Gasteiger partial charge is 0.288 e. The Morgan fingerprint density at radius 3 is 2.25 bits per heavy atom. The van der Waals surface area contributed by atoms with Crippen molar-refractivity contribution in [2.45, 2.75) is 0 Å². The predicted octanol–water partition coefficient (Wildman–Crippen LogP) is 3.21. The Kier molecular flexibility index (Phi) is 3.03. The van der Waals surface area contributed by atoms with Crippen molar-refractivity contribution in [1.29, 1.82) is 0 Å². The molecule has 0 fully saturated rings. The summed E-state index contributed by atoms with van der Waals surface area (Å²) >= 11 is 0. The first-order chi connectivity index (χ1) is 9.68. The van der Waals surface area contributed by atoms with Crippen molar-refractivity contribution < 1.29 is 4.79 Å². The third kappa shape index (κ3) is 1.97. The number of hydrogen-bond donors (Lipinski definition) is 0. The lowest BCUT2D eigenvalue weighted by atomic mass is 10.0. The smallest absolute Gasteiger partial charge is 0.210 e. The van der Waals surface area contributed by atoms with Gasteiger partial charge in [0.05, 0.1) is 5.69 Å². The first-order valence-corrected chi connectivity index (χ1v) is 6.56. The fraction of sp³-hybridized carbons (Fsp3) is 0.118. The first-order valence-electron chi connectivity index (χ1n) is 6.56. The van der Waals surface area contributed by atoms with Crippen molar-refractivity contribution in [2.75, 3.05) is 19.1 Å². The number of carbonyl (C=O) groups excluding carboxylic acids is 1. The van der Waals surface area contributed by atoms with Gasteiger partial charge in [0.2, 0.25) is 5.78 Å². The average Bonchev–Trinajstić information content (AvgIpc) is 2.51. The minimum Gasteiger partial charge on any atom is -0.288 e. The molecule has 3 rings (SSSR count). The van der Waals surface area contributed by atoms with Gasteiger partial charge in [-0.1, -0.05) is 48.5 Å². The van der Waals surface area contributed by atoms with E-state index >= 15 is 0 Å². The fourth-order valence-electron chi connectivity index (χ4n) is 2.42. The van der Waals surface area contributed by atoms with E-state index in [-0.39, 0.29) is 5.78 Å². The van der Waals surface area contributed by atoms with Crippen molar-refractivity contribution >= 4 is 17.5 Å². The molecule has 0 atom stereocenters. The summed E-state index contributed by atoms with van der Waals surface area (Å²) in [6, 6.07) is 17.4. The molecule has 2 aromatic carbocycles. The quantitative estimate of drug-likeness (QED) is 0.778. The van der Waals surface area contributed by atoms with Crippen LogP contribution in [0.1, 0.15) is 15.9 Å². The summed E-state index contributed by atoms with van der Waals surface area (Å²) < 4.78 is 0. The molecule has 2 aromatic rings. The van der Waals surface area contributed by atoms with Crippen molar-refractivity contribution in [3.8, 4) is 0 Å². The maximum absolute atomic E-state index is 12.6. The summed E-state index contributed by atoms with van der Waals surface area (Å²) in [5, 5.41) is 3.88. The van der Waals surface area contributed by atoms with Gasteiger partial charge in [-0.15, -0.1) is 0 Å². The number of nitrogens with zero attached hydrogens (tertiary/aromatic N) is 2. The Hall–Kier alpha value is -2.55. The summed E-state index contributed by atoms with van der Waals surface area (Å²) in [7, 11) is 3.87. The monoisotopic (exact) mass is 264 g/mol. The molecule has 3 heteroatoms. The molecule has 0 bridgehead atoms. The Morgan fingerprint density at radius 2 is 1.50 bits per heavy atom. The van der Waals surface area contributed by atoms with Gasteiger partial charge in [-0.25, -0.2) is 0 Å². The van der Waals surface area contributed by atoms with Crippen molar-refractivity contribution in [1.82, 2.24) is 5.01 Å². The van der Waals surface area contributed by atoms with Gasteiger partial charge in [-0.3, -0.25) is 14.8 Å². The zero-order valence-electron chi connectivity index (χ0n) is 11.6. The van der Waals surface area contributed by atoms with Gasteiger partial charge in [-0.2, -0.15) is 0 Å². The molecule has 3 nitrogen and oxygen atoms in total. The zero-order valence-corrected chi connectivity index (χ0v) is 11.6. The Bertz CT molecular complexity index is 676. The lowest BCUT2D eigenvalue weighted by molar-refractivity contribution is 0.0997. The highest BCUT2D eigenvalue weighted by Gasteiger charge is 2.24. The highest BCUT2D eigenvalue weighted by atomic mass is 16.1. The second-order valence-electron chi connectivity index (χ2n) is 4.83. The fourth-order valence-corrected chi connectivity index (χ4v) is 2.42. The molecule has 0 N–H and O–H groups in total. The van der Waals surface area contributed by atoms with Crippen molar-refractivity contribution in [2.24, 2.45) is 0 Å². The average molecular weight is 264 g/mol. The number of para-hydroxylation sites is 1. The van der Waals surface area contributed by atoms with Crippen LogP contribution in [0.2, 0.25) is 0 Å².